The Kier molecular flexibility index (Phi) is 2.40. The van der Waals surface area contributed by atoms with Gasteiger partial charge >= 0.3 is 6.18 Å². The summed E-state index contributed by atoms with van der Waals surface area (Å²) < 4.78 is 37.2. The molecular weight excluding hydrogens is 217 g/mol. The van der Waals surface area contributed by atoms with Gasteiger partial charge in [0.2, 0.25) is 5.82 Å². The standard InChI is InChI=1S/C11H11F3N2/c1-6(2)7-3-4-8-9(5-7)16-10(15-8)11(12,13)14/h3-6H,1-2H3,(H,15,16). The number of halogens is 3. The van der Waals surface area contributed by atoms with E-state index < -0.39 is 12.0 Å². The van der Waals surface area contributed by atoms with E-state index >= 15 is 0 Å². The molecule has 0 aliphatic rings. The second-order valence-electron chi connectivity index (χ2n) is 4.01. The number of hydrogen-bond acceptors (Lipinski definition) is 1. The number of nitrogens with zero attached hydrogens (tertiary/aromatic N) is 1. The minimum absolute atomic E-state index is 0.280. The molecule has 0 amide bonds. The third kappa shape index (κ3) is 1.89. The Morgan fingerprint density at radius 3 is 2.50 bits per heavy atom. The summed E-state index contributed by atoms with van der Waals surface area (Å²) in [4.78, 5) is 5.80. The zero-order valence-electron chi connectivity index (χ0n) is 8.89. The van der Waals surface area contributed by atoms with Crippen LogP contribution in [-0.2, 0) is 6.18 Å². The van der Waals surface area contributed by atoms with E-state index in [9.17, 15) is 13.2 Å². The van der Waals surface area contributed by atoms with Crippen LogP contribution in [0.5, 0.6) is 0 Å². The summed E-state index contributed by atoms with van der Waals surface area (Å²) in [7, 11) is 0. The molecule has 0 aliphatic heterocycles. The minimum atomic E-state index is -4.42. The van der Waals surface area contributed by atoms with Crippen molar-refractivity contribution in [2.24, 2.45) is 0 Å². The van der Waals surface area contributed by atoms with Crippen molar-refractivity contribution in [3.63, 3.8) is 0 Å². The molecule has 0 spiro atoms. The minimum Gasteiger partial charge on any atom is -0.334 e. The van der Waals surface area contributed by atoms with Crippen molar-refractivity contribution >= 4 is 11.0 Å². The Labute approximate surface area is 90.5 Å². The van der Waals surface area contributed by atoms with Crippen LogP contribution in [0, 0.1) is 0 Å². The van der Waals surface area contributed by atoms with Gasteiger partial charge in [0.1, 0.15) is 0 Å². The normalized spacial score (nSPS) is 12.6. The van der Waals surface area contributed by atoms with E-state index in [1.165, 1.54) is 0 Å². The first kappa shape index (κ1) is 11.0. The Hall–Kier alpha value is -1.52. The zero-order chi connectivity index (χ0) is 11.9. The van der Waals surface area contributed by atoms with E-state index in [1.807, 2.05) is 13.8 Å². The first-order valence-electron chi connectivity index (χ1n) is 4.95. The number of H-pyrrole nitrogens is 1. The lowest BCUT2D eigenvalue weighted by atomic mass is 10.0. The van der Waals surface area contributed by atoms with Gasteiger partial charge < -0.3 is 4.98 Å². The molecule has 0 saturated carbocycles. The highest BCUT2D eigenvalue weighted by molar-refractivity contribution is 5.76. The number of fused-ring (bicyclic) bond motifs is 1. The van der Waals surface area contributed by atoms with Crippen LogP contribution in [0.1, 0.15) is 31.2 Å². The predicted molar refractivity (Wildman–Crippen MR) is 55.2 cm³/mol. The number of aromatic amines is 1. The zero-order valence-corrected chi connectivity index (χ0v) is 8.89. The fourth-order valence-corrected chi connectivity index (χ4v) is 1.52. The van der Waals surface area contributed by atoms with Gasteiger partial charge in [0.15, 0.2) is 0 Å². The van der Waals surface area contributed by atoms with Crippen molar-refractivity contribution in [1.29, 1.82) is 0 Å². The maximum absolute atomic E-state index is 12.4. The topological polar surface area (TPSA) is 28.7 Å². The van der Waals surface area contributed by atoms with Crippen molar-refractivity contribution in [2.45, 2.75) is 25.9 Å². The van der Waals surface area contributed by atoms with Crippen LogP contribution in [0.15, 0.2) is 18.2 Å². The van der Waals surface area contributed by atoms with Crippen LogP contribution in [-0.4, -0.2) is 9.97 Å². The smallest absolute Gasteiger partial charge is 0.334 e. The van der Waals surface area contributed by atoms with Gasteiger partial charge in [0.25, 0.3) is 0 Å². The molecule has 0 fully saturated rings. The second-order valence-corrected chi connectivity index (χ2v) is 4.01. The van der Waals surface area contributed by atoms with Gasteiger partial charge in [-0.05, 0) is 23.6 Å². The van der Waals surface area contributed by atoms with Crippen molar-refractivity contribution < 1.29 is 13.2 Å². The molecule has 0 radical (unpaired) electrons. The molecule has 2 nitrogen and oxygen atoms in total. The van der Waals surface area contributed by atoms with Gasteiger partial charge in [-0.15, -0.1) is 0 Å². The number of alkyl halides is 3. The maximum Gasteiger partial charge on any atom is 0.449 e. The molecule has 0 bridgehead atoms. The molecule has 0 saturated heterocycles. The van der Waals surface area contributed by atoms with Crippen LogP contribution < -0.4 is 0 Å². The highest BCUT2D eigenvalue weighted by atomic mass is 19.4. The Morgan fingerprint density at radius 1 is 1.25 bits per heavy atom. The molecule has 1 heterocycles. The molecule has 86 valence electrons. The number of imidazole rings is 1. The van der Waals surface area contributed by atoms with Crippen LogP contribution in [0.25, 0.3) is 11.0 Å². The molecule has 1 N–H and O–H groups in total. The number of rotatable bonds is 1. The third-order valence-corrected chi connectivity index (χ3v) is 2.44. The largest absolute Gasteiger partial charge is 0.449 e. The fourth-order valence-electron chi connectivity index (χ4n) is 1.52. The van der Waals surface area contributed by atoms with Gasteiger partial charge in [-0.1, -0.05) is 19.9 Å². The molecule has 16 heavy (non-hydrogen) atoms. The predicted octanol–water partition coefficient (Wildman–Crippen LogP) is 3.71. The van der Waals surface area contributed by atoms with Gasteiger partial charge in [-0.2, -0.15) is 13.2 Å². The van der Waals surface area contributed by atoms with Crippen molar-refractivity contribution in [3.05, 3.63) is 29.6 Å². The summed E-state index contributed by atoms with van der Waals surface area (Å²) in [5.41, 5.74) is 1.76. The van der Waals surface area contributed by atoms with Crippen LogP contribution in [0.4, 0.5) is 13.2 Å². The third-order valence-electron chi connectivity index (χ3n) is 2.44. The molecule has 0 aliphatic carbocycles. The van der Waals surface area contributed by atoms with Gasteiger partial charge in [0.05, 0.1) is 11.0 Å². The SMILES string of the molecule is CC(C)c1ccc2nc(C(F)(F)F)[nH]c2c1. The summed E-state index contributed by atoms with van der Waals surface area (Å²) in [6.07, 6.45) is -4.42. The van der Waals surface area contributed by atoms with Gasteiger partial charge in [-0.3, -0.25) is 0 Å². The van der Waals surface area contributed by atoms with E-state index in [1.54, 1.807) is 18.2 Å². The Balaban J connectivity index is 2.54. The lowest BCUT2D eigenvalue weighted by molar-refractivity contribution is -0.144. The molecule has 5 heteroatoms. The average molecular weight is 228 g/mol. The summed E-state index contributed by atoms with van der Waals surface area (Å²) in [5.74, 6) is -0.662. The van der Waals surface area contributed by atoms with E-state index in [0.717, 1.165) is 5.56 Å². The number of nitrogens with one attached hydrogen (secondary N) is 1. The summed E-state index contributed by atoms with van der Waals surface area (Å²) in [6.45, 7) is 3.98. The summed E-state index contributed by atoms with van der Waals surface area (Å²) >= 11 is 0. The molecule has 2 aromatic rings. The Bertz CT molecular complexity index is 511. The van der Waals surface area contributed by atoms with Gasteiger partial charge in [0, 0.05) is 0 Å². The quantitative estimate of drug-likeness (QED) is 0.792. The molecular formula is C11H11F3N2. The second kappa shape index (κ2) is 3.50. The first-order valence-corrected chi connectivity index (χ1v) is 4.95. The van der Waals surface area contributed by atoms with Crippen molar-refractivity contribution in [2.75, 3.05) is 0 Å². The highest BCUT2D eigenvalue weighted by Gasteiger charge is 2.34. The molecule has 2 rings (SSSR count). The van der Waals surface area contributed by atoms with Crippen LogP contribution >= 0.6 is 0 Å². The maximum atomic E-state index is 12.4. The molecule has 1 aromatic carbocycles. The van der Waals surface area contributed by atoms with Gasteiger partial charge in [-0.25, -0.2) is 4.98 Å². The highest BCUT2D eigenvalue weighted by Crippen LogP contribution is 2.29. The van der Waals surface area contributed by atoms with E-state index in [2.05, 4.69) is 9.97 Å². The molecule has 1 aromatic heterocycles. The van der Waals surface area contributed by atoms with E-state index in [4.69, 9.17) is 0 Å². The van der Waals surface area contributed by atoms with E-state index in [0.29, 0.717) is 11.0 Å². The van der Waals surface area contributed by atoms with E-state index in [-0.39, 0.29) is 5.92 Å². The van der Waals surface area contributed by atoms with Crippen molar-refractivity contribution in [3.8, 4) is 0 Å². The van der Waals surface area contributed by atoms with Crippen LogP contribution in [0.2, 0.25) is 0 Å². The number of aromatic nitrogens is 2. The Morgan fingerprint density at radius 2 is 1.94 bits per heavy atom. The summed E-state index contributed by atoms with van der Waals surface area (Å²) in [6, 6.07) is 5.12. The average Bonchev–Trinajstić information content (AvgIpc) is 2.58. The summed E-state index contributed by atoms with van der Waals surface area (Å²) in [5, 5.41) is 0. The number of benzene rings is 1. The lowest BCUT2D eigenvalue weighted by Gasteiger charge is -2.03. The fraction of sp³-hybridized carbons (Fsp3) is 0.364. The number of hydrogen-bond donors (Lipinski definition) is 1. The van der Waals surface area contributed by atoms with Crippen LogP contribution in [0.3, 0.4) is 0 Å². The lowest BCUT2D eigenvalue weighted by Crippen LogP contribution is -2.06. The first-order chi connectivity index (χ1) is 7.38. The molecule has 0 unspecified atom stereocenters. The molecule has 0 atom stereocenters. The van der Waals surface area contributed by atoms with Crippen molar-refractivity contribution in [1.82, 2.24) is 9.97 Å². The monoisotopic (exact) mass is 228 g/mol.